The maximum absolute atomic E-state index is 9.72. The van der Waals surface area contributed by atoms with Gasteiger partial charge in [-0.3, -0.25) is 0 Å². The average molecular weight is 233 g/mol. The van der Waals surface area contributed by atoms with E-state index in [1.807, 2.05) is 0 Å². The second-order valence-corrected chi connectivity index (χ2v) is 5.38. The number of hydrogen-bond donors (Lipinski definition) is 2. The maximum atomic E-state index is 9.72. The maximum Gasteiger partial charge on any atom is 0.0693 e. The molecule has 0 radical (unpaired) electrons. The van der Waals surface area contributed by atoms with E-state index in [-0.39, 0.29) is 6.10 Å². The third-order valence-corrected chi connectivity index (χ3v) is 3.69. The van der Waals surface area contributed by atoms with Crippen LogP contribution in [0.2, 0.25) is 0 Å². The normalized spacial score (nSPS) is 24.5. The topological polar surface area (TPSA) is 32.3 Å². The molecule has 2 rings (SSSR count). The molecule has 0 saturated heterocycles. The molecule has 0 aromatic heterocycles. The molecule has 1 fully saturated rings. The fraction of sp³-hybridized carbons (Fsp3) is 0.600. The molecule has 1 saturated carbocycles. The van der Waals surface area contributed by atoms with Gasteiger partial charge in [-0.05, 0) is 36.3 Å². The Morgan fingerprint density at radius 2 is 1.94 bits per heavy atom. The van der Waals surface area contributed by atoms with E-state index >= 15 is 0 Å². The van der Waals surface area contributed by atoms with Crippen LogP contribution >= 0.6 is 0 Å². The van der Waals surface area contributed by atoms with Crippen LogP contribution in [0, 0.1) is 0 Å². The number of aliphatic hydroxyl groups is 1. The van der Waals surface area contributed by atoms with E-state index in [1.54, 1.807) is 0 Å². The Balaban J connectivity index is 1.86. The molecule has 0 spiro atoms. The molecule has 1 aromatic carbocycles. The Labute approximate surface area is 104 Å². The summed E-state index contributed by atoms with van der Waals surface area (Å²) in [5.41, 5.74) is 2.68. The molecule has 94 valence electrons. The number of hydrogen-bond acceptors (Lipinski definition) is 2. The lowest BCUT2D eigenvalue weighted by Gasteiger charge is -2.16. The van der Waals surface area contributed by atoms with E-state index in [2.05, 4.69) is 43.4 Å². The van der Waals surface area contributed by atoms with Crippen LogP contribution in [0.4, 0.5) is 0 Å². The number of benzene rings is 1. The zero-order valence-corrected chi connectivity index (χ0v) is 10.8. The fourth-order valence-electron chi connectivity index (χ4n) is 2.45. The van der Waals surface area contributed by atoms with E-state index in [0.29, 0.717) is 12.0 Å². The van der Waals surface area contributed by atoms with Gasteiger partial charge in [-0.25, -0.2) is 0 Å². The summed E-state index contributed by atoms with van der Waals surface area (Å²) in [6.45, 7) is 5.28. The quantitative estimate of drug-likeness (QED) is 0.838. The summed E-state index contributed by atoms with van der Waals surface area (Å²) in [6, 6.07) is 9.06. The van der Waals surface area contributed by atoms with Crippen molar-refractivity contribution in [1.29, 1.82) is 0 Å². The van der Waals surface area contributed by atoms with E-state index in [1.165, 1.54) is 11.1 Å². The van der Waals surface area contributed by atoms with Crippen LogP contribution < -0.4 is 5.32 Å². The summed E-state index contributed by atoms with van der Waals surface area (Å²) >= 11 is 0. The summed E-state index contributed by atoms with van der Waals surface area (Å²) in [6.07, 6.45) is 3.05. The number of rotatable bonds is 4. The van der Waals surface area contributed by atoms with Gasteiger partial charge in [0, 0.05) is 12.6 Å². The molecule has 17 heavy (non-hydrogen) atoms. The van der Waals surface area contributed by atoms with Crippen LogP contribution in [-0.2, 0) is 6.54 Å². The number of aliphatic hydroxyl groups excluding tert-OH is 1. The molecule has 2 unspecified atom stereocenters. The Morgan fingerprint density at radius 3 is 2.47 bits per heavy atom. The highest BCUT2D eigenvalue weighted by Crippen LogP contribution is 2.19. The Kier molecular flexibility index (Phi) is 4.19. The van der Waals surface area contributed by atoms with Crippen molar-refractivity contribution in [1.82, 2.24) is 5.32 Å². The zero-order chi connectivity index (χ0) is 12.3. The first-order valence-electron chi connectivity index (χ1n) is 6.67. The van der Waals surface area contributed by atoms with Crippen LogP contribution in [-0.4, -0.2) is 17.3 Å². The highest BCUT2D eigenvalue weighted by molar-refractivity contribution is 5.24. The number of nitrogens with one attached hydrogen (secondary N) is 1. The van der Waals surface area contributed by atoms with Crippen LogP contribution in [0.15, 0.2) is 24.3 Å². The average Bonchev–Trinajstić information content (AvgIpc) is 2.73. The van der Waals surface area contributed by atoms with Gasteiger partial charge < -0.3 is 10.4 Å². The highest BCUT2D eigenvalue weighted by atomic mass is 16.3. The SMILES string of the molecule is CC(C)c1ccc(CNC2CCCC2O)cc1. The molecule has 0 amide bonds. The second kappa shape index (κ2) is 5.65. The molecule has 2 atom stereocenters. The molecule has 1 aliphatic carbocycles. The predicted octanol–water partition coefficient (Wildman–Crippen LogP) is 2.81. The van der Waals surface area contributed by atoms with Crippen molar-refractivity contribution in [2.75, 3.05) is 0 Å². The van der Waals surface area contributed by atoms with Gasteiger partial charge in [-0.2, -0.15) is 0 Å². The first kappa shape index (κ1) is 12.6. The summed E-state index contributed by atoms with van der Waals surface area (Å²) in [4.78, 5) is 0. The first-order chi connectivity index (χ1) is 8.16. The van der Waals surface area contributed by atoms with Crippen molar-refractivity contribution < 1.29 is 5.11 Å². The van der Waals surface area contributed by atoms with Crippen LogP contribution in [0.5, 0.6) is 0 Å². The Hall–Kier alpha value is -0.860. The van der Waals surface area contributed by atoms with Gasteiger partial charge in [0.25, 0.3) is 0 Å². The molecular weight excluding hydrogens is 210 g/mol. The zero-order valence-electron chi connectivity index (χ0n) is 10.8. The van der Waals surface area contributed by atoms with Gasteiger partial charge in [-0.15, -0.1) is 0 Å². The first-order valence-corrected chi connectivity index (χ1v) is 6.67. The van der Waals surface area contributed by atoms with Crippen molar-refractivity contribution >= 4 is 0 Å². The lowest BCUT2D eigenvalue weighted by Crippen LogP contribution is -2.35. The van der Waals surface area contributed by atoms with Gasteiger partial charge >= 0.3 is 0 Å². The van der Waals surface area contributed by atoms with Crippen molar-refractivity contribution in [3.63, 3.8) is 0 Å². The van der Waals surface area contributed by atoms with Crippen molar-refractivity contribution in [3.05, 3.63) is 35.4 Å². The smallest absolute Gasteiger partial charge is 0.0693 e. The van der Waals surface area contributed by atoms with Gasteiger partial charge in [0.2, 0.25) is 0 Å². The monoisotopic (exact) mass is 233 g/mol. The second-order valence-electron chi connectivity index (χ2n) is 5.38. The van der Waals surface area contributed by atoms with Crippen LogP contribution in [0.25, 0.3) is 0 Å². The molecule has 1 aromatic rings. The Bertz CT molecular complexity index is 344. The fourth-order valence-corrected chi connectivity index (χ4v) is 2.45. The van der Waals surface area contributed by atoms with E-state index < -0.39 is 0 Å². The third kappa shape index (κ3) is 3.30. The summed E-state index contributed by atoms with van der Waals surface area (Å²) in [5.74, 6) is 0.591. The van der Waals surface area contributed by atoms with E-state index in [4.69, 9.17) is 0 Å². The molecule has 0 aliphatic heterocycles. The summed E-state index contributed by atoms with van der Waals surface area (Å²) < 4.78 is 0. The lowest BCUT2D eigenvalue weighted by atomic mass is 10.0. The molecule has 0 heterocycles. The van der Waals surface area contributed by atoms with Gasteiger partial charge in [0.05, 0.1) is 6.10 Å². The van der Waals surface area contributed by atoms with Crippen molar-refractivity contribution in [2.45, 2.75) is 57.7 Å². The van der Waals surface area contributed by atoms with Gasteiger partial charge in [-0.1, -0.05) is 38.1 Å². The minimum atomic E-state index is -0.148. The third-order valence-electron chi connectivity index (χ3n) is 3.69. The molecule has 1 aliphatic rings. The van der Waals surface area contributed by atoms with Crippen LogP contribution in [0.3, 0.4) is 0 Å². The standard InChI is InChI=1S/C15H23NO/c1-11(2)13-8-6-12(7-9-13)10-16-14-4-3-5-15(14)17/h6-9,11,14-17H,3-5,10H2,1-2H3. The molecule has 2 N–H and O–H groups in total. The van der Waals surface area contributed by atoms with E-state index in [0.717, 1.165) is 25.8 Å². The van der Waals surface area contributed by atoms with Crippen molar-refractivity contribution in [2.24, 2.45) is 0 Å². The molecular formula is C15H23NO. The Morgan fingerprint density at radius 1 is 1.24 bits per heavy atom. The van der Waals surface area contributed by atoms with Gasteiger partial charge in [0.1, 0.15) is 0 Å². The summed E-state index contributed by atoms with van der Waals surface area (Å²) in [5, 5.41) is 13.2. The molecule has 2 nitrogen and oxygen atoms in total. The lowest BCUT2D eigenvalue weighted by molar-refractivity contribution is 0.148. The van der Waals surface area contributed by atoms with E-state index in [9.17, 15) is 5.11 Å². The summed E-state index contributed by atoms with van der Waals surface area (Å²) in [7, 11) is 0. The highest BCUT2D eigenvalue weighted by Gasteiger charge is 2.24. The minimum Gasteiger partial charge on any atom is -0.392 e. The van der Waals surface area contributed by atoms with Gasteiger partial charge in [0.15, 0.2) is 0 Å². The van der Waals surface area contributed by atoms with Crippen molar-refractivity contribution in [3.8, 4) is 0 Å². The largest absolute Gasteiger partial charge is 0.392 e. The molecule has 2 heteroatoms. The predicted molar refractivity (Wildman–Crippen MR) is 71.0 cm³/mol. The van der Waals surface area contributed by atoms with Crippen LogP contribution in [0.1, 0.15) is 50.2 Å². The molecule has 0 bridgehead atoms. The minimum absolute atomic E-state index is 0.148.